The standard InChI is InChI=1S/C27H29F2N5O2S/c1-16-11-24(25(35)33-19-7-9-36-10-8-19)37-26(31)34-27(16,2)20-12-17(3-5-21(20)28)13-22(29)23-6-4-18(14-30)15-32-23/h3-6,12-13,15-16,19,24H,7-11H2,1-2H3,(H2,31,34)(H,33,35)/b22-13-/t16?,24?,27-/m0/s1. The van der Waals surface area contributed by atoms with Gasteiger partial charge in [0.2, 0.25) is 5.91 Å². The van der Waals surface area contributed by atoms with Crippen LogP contribution in [0, 0.1) is 23.1 Å². The first kappa shape index (κ1) is 26.8. The highest BCUT2D eigenvalue weighted by Gasteiger charge is 2.41. The van der Waals surface area contributed by atoms with Gasteiger partial charge in [-0.3, -0.25) is 14.8 Å². The molecule has 1 saturated heterocycles. The van der Waals surface area contributed by atoms with Crippen LogP contribution in [0.15, 0.2) is 41.5 Å². The SMILES string of the molecule is CC1CC(C(=O)NC2CCOCC2)SC(N)=N[C@]1(C)c1cc(/C=C(\F)c2ccc(C#N)cn2)ccc1F. The number of aromatic nitrogens is 1. The predicted molar refractivity (Wildman–Crippen MR) is 140 cm³/mol. The first-order valence-electron chi connectivity index (χ1n) is 12.1. The van der Waals surface area contributed by atoms with Crippen molar-refractivity contribution in [3.05, 3.63) is 64.7 Å². The fourth-order valence-corrected chi connectivity index (χ4v) is 5.67. The van der Waals surface area contributed by atoms with Crippen LogP contribution in [0.4, 0.5) is 8.78 Å². The van der Waals surface area contributed by atoms with Gasteiger partial charge in [0.25, 0.3) is 0 Å². The van der Waals surface area contributed by atoms with Crippen molar-refractivity contribution < 1.29 is 18.3 Å². The number of pyridine rings is 1. The van der Waals surface area contributed by atoms with E-state index in [0.717, 1.165) is 12.8 Å². The summed E-state index contributed by atoms with van der Waals surface area (Å²) in [5.41, 5.74) is 6.24. The number of nitrogens with two attached hydrogens (primary N) is 1. The molecule has 194 valence electrons. The van der Waals surface area contributed by atoms with E-state index in [1.807, 2.05) is 13.0 Å². The number of nitrogens with one attached hydrogen (secondary N) is 1. The van der Waals surface area contributed by atoms with Gasteiger partial charge in [-0.15, -0.1) is 0 Å². The largest absolute Gasteiger partial charge is 0.381 e. The summed E-state index contributed by atoms with van der Waals surface area (Å²) in [5, 5.41) is 11.7. The van der Waals surface area contributed by atoms with E-state index in [1.54, 1.807) is 13.0 Å². The monoisotopic (exact) mass is 525 g/mol. The van der Waals surface area contributed by atoms with Gasteiger partial charge in [-0.25, -0.2) is 8.78 Å². The molecule has 4 rings (SSSR count). The van der Waals surface area contributed by atoms with Crippen LogP contribution in [-0.4, -0.2) is 40.6 Å². The van der Waals surface area contributed by atoms with Gasteiger partial charge in [-0.05, 0) is 68.0 Å². The molecular formula is C27H29F2N5O2S. The Morgan fingerprint density at radius 3 is 2.76 bits per heavy atom. The molecule has 3 heterocycles. The Balaban J connectivity index is 1.58. The molecule has 2 aliphatic rings. The topological polar surface area (TPSA) is 113 Å². The predicted octanol–water partition coefficient (Wildman–Crippen LogP) is 4.53. The van der Waals surface area contributed by atoms with Crippen LogP contribution in [-0.2, 0) is 15.1 Å². The second-order valence-corrected chi connectivity index (χ2v) is 10.7. The Kier molecular flexibility index (Phi) is 8.25. The number of ether oxygens (including phenoxy) is 1. The van der Waals surface area contributed by atoms with Crippen LogP contribution < -0.4 is 11.1 Å². The lowest BCUT2D eigenvalue weighted by molar-refractivity contribution is -0.122. The number of benzene rings is 1. The lowest BCUT2D eigenvalue weighted by atomic mass is 9.78. The third-order valence-corrected chi connectivity index (χ3v) is 7.98. The number of aliphatic imine (C=N–C) groups is 1. The van der Waals surface area contributed by atoms with Gasteiger partial charge in [-0.2, -0.15) is 5.26 Å². The zero-order valence-corrected chi connectivity index (χ0v) is 21.5. The molecule has 0 radical (unpaired) electrons. The molecule has 2 unspecified atom stereocenters. The number of nitrogens with zero attached hydrogens (tertiary/aromatic N) is 3. The number of halogens is 2. The number of carbonyl (C=O) groups is 1. The number of carbonyl (C=O) groups excluding carboxylic acids is 1. The molecule has 10 heteroatoms. The zero-order valence-electron chi connectivity index (χ0n) is 20.7. The van der Waals surface area contributed by atoms with Crippen LogP contribution in [0.25, 0.3) is 11.9 Å². The van der Waals surface area contributed by atoms with Gasteiger partial charge in [0, 0.05) is 31.0 Å². The minimum atomic E-state index is -1.07. The van der Waals surface area contributed by atoms with Crippen LogP contribution in [0.3, 0.4) is 0 Å². The minimum Gasteiger partial charge on any atom is -0.381 e. The summed E-state index contributed by atoms with van der Waals surface area (Å²) in [7, 11) is 0. The normalized spacial score (nSPS) is 25.1. The maximum absolute atomic E-state index is 15.2. The fraction of sp³-hybridized carbons (Fsp3) is 0.407. The van der Waals surface area contributed by atoms with Crippen molar-refractivity contribution in [2.24, 2.45) is 16.6 Å². The molecule has 0 saturated carbocycles. The van der Waals surface area contributed by atoms with E-state index in [2.05, 4.69) is 15.3 Å². The summed E-state index contributed by atoms with van der Waals surface area (Å²) < 4.78 is 35.4. The smallest absolute Gasteiger partial charge is 0.233 e. The van der Waals surface area contributed by atoms with Gasteiger partial charge in [0.15, 0.2) is 5.17 Å². The fourth-order valence-electron chi connectivity index (χ4n) is 4.57. The Bertz CT molecular complexity index is 1250. The van der Waals surface area contributed by atoms with Gasteiger partial charge in [-0.1, -0.05) is 24.8 Å². The highest BCUT2D eigenvalue weighted by atomic mass is 32.2. The van der Waals surface area contributed by atoms with Crippen molar-refractivity contribution in [2.45, 2.75) is 49.9 Å². The lowest BCUT2D eigenvalue weighted by Gasteiger charge is -2.33. The maximum atomic E-state index is 15.2. The van der Waals surface area contributed by atoms with Crippen molar-refractivity contribution in [2.75, 3.05) is 13.2 Å². The van der Waals surface area contributed by atoms with E-state index in [0.29, 0.717) is 30.8 Å². The minimum absolute atomic E-state index is 0.0614. The van der Waals surface area contributed by atoms with Crippen molar-refractivity contribution >= 4 is 34.7 Å². The highest BCUT2D eigenvalue weighted by molar-refractivity contribution is 8.14. The van der Waals surface area contributed by atoms with Gasteiger partial charge >= 0.3 is 0 Å². The average Bonchev–Trinajstić information content (AvgIpc) is 3.01. The Morgan fingerprint density at radius 2 is 2.08 bits per heavy atom. The van der Waals surface area contributed by atoms with Crippen LogP contribution in [0.5, 0.6) is 0 Å². The summed E-state index contributed by atoms with van der Waals surface area (Å²) in [6.07, 6.45) is 4.51. The molecule has 1 aromatic carbocycles. The molecule has 0 bridgehead atoms. The molecule has 1 fully saturated rings. The second-order valence-electron chi connectivity index (χ2n) is 9.51. The molecule has 0 aliphatic carbocycles. The molecule has 37 heavy (non-hydrogen) atoms. The number of amides is 1. The van der Waals surface area contributed by atoms with E-state index >= 15 is 4.39 Å². The van der Waals surface area contributed by atoms with Crippen LogP contribution >= 0.6 is 11.8 Å². The molecule has 1 aromatic heterocycles. The van der Waals surface area contributed by atoms with Gasteiger partial charge < -0.3 is 15.8 Å². The third-order valence-electron chi connectivity index (χ3n) is 6.96. The summed E-state index contributed by atoms with van der Waals surface area (Å²) in [6.45, 7) is 4.94. The second kappa shape index (κ2) is 11.4. The highest BCUT2D eigenvalue weighted by Crippen LogP contribution is 2.43. The van der Waals surface area contributed by atoms with E-state index in [4.69, 9.17) is 15.7 Å². The Morgan fingerprint density at radius 1 is 1.32 bits per heavy atom. The average molecular weight is 526 g/mol. The Labute approximate surface area is 219 Å². The summed E-state index contributed by atoms with van der Waals surface area (Å²) in [5.74, 6) is -1.47. The lowest BCUT2D eigenvalue weighted by Crippen LogP contribution is -2.44. The van der Waals surface area contributed by atoms with E-state index < -0.39 is 22.4 Å². The molecule has 2 aliphatic heterocycles. The van der Waals surface area contributed by atoms with Gasteiger partial charge in [0.05, 0.1) is 22.0 Å². The molecule has 3 N–H and O–H groups in total. The van der Waals surface area contributed by atoms with Crippen molar-refractivity contribution in [1.82, 2.24) is 10.3 Å². The van der Waals surface area contributed by atoms with E-state index in [-0.39, 0.29) is 34.3 Å². The number of hydrogen-bond acceptors (Lipinski definition) is 7. The maximum Gasteiger partial charge on any atom is 0.233 e. The Hall–Kier alpha value is -3.29. The van der Waals surface area contributed by atoms with E-state index in [1.165, 1.54) is 48.3 Å². The van der Waals surface area contributed by atoms with Gasteiger partial charge in [0.1, 0.15) is 17.7 Å². The quantitative estimate of drug-likeness (QED) is 0.593. The molecule has 2 aromatic rings. The molecule has 3 atom stereocenters. The molecule has 0 spiro atoms. The third kappa shape index (κ3) is 6.17. The zero-order chi connectivity index (χ0) is 26.6. The van der Waals surface area contributed by atoms with E-state index in [9.17, 15) is 9.18 Å². The summed E-state index contributed by atoms with van der Waals surface area (Å²) in [4.78, 5) is 21.7. The first-order valence-corrected chi connectivity index (χ1v) is 13.0. The number of rotatable bonds is 5. The molecule has 7 nitrogen and oxygen atoms in total. The van der Waals surface area contributed by atoms with Crippen molar-refractivity contribution in [3.63, 3.8) is 0 Å². The van der Waals surface area contributed by atoms with Crippen molar-refractivity contribution in [3.8, 4) is 6.07 Å². The summed E-state index contributed by atoms with van der Waals surface area (Å²) >= 11 is 1.18. The van der Waals surface area contributed by atoms with Crippen LogP contribution in [0.2, 0.25) is 0 Å². The number of nitriles is 1. The number of thioether (sulfide) groups is 1. The summed E-state index contributed by atoms with van der Waals surface area (Å²) in [6, 6.07) is 9.19. The number of hydrogen-bond donors (Lipinski definition) is 2. The van der Waals surface area contributed by atoms with Crippen LogP contribution in [0.1, 0.15) is 55.5 Å². The number of amidine groups is 1. The molecule has 1 amide bonds. The van der Waals surface area contributed by atoms with Crippen molar-refractivity contribution in [1.29, 1.82) is 5.26 Å². The molecular weight excluding hydrogens is 496 g/mol. The first-order chi connectivity index (χ1) is 17.7.